The second-order valence-electron chi connectivity index (χ2n) is 17.8. The van der Waals surface area contributed by atoms with Crippen molar-refractivity contribution >= 4 is 133 Å². The SMILES string of the molecule is COC(Cl)Cl.ClC(Cl)Cl.O=C(Cl)C1=CC=CC1.O=C(O)C1=CC=CC1.O=C(O[C@@H](Cc1c(Cl)c[nH+]cc1Cl)c1ccc(OC(F)F)c(OCC2CC2)c1)c1ccc[nH]1.O[C@@H](Cc1c(Cl)c[nH+]cc1Cl)c1ccc(OC(F)F)c(OCC2CC2)c1.[OH-].[OH-]. The van der Waals surface area contributed by atoms with Crippen LogP contribution in [0.25, 0.3) is 0 Å². The summed E-state index contributed by atoms with van der Waals surface area (Å²) >= 11 is 54.4. The molecule has 7 N–H and O–H groups in total. The first-order valence-corrected chi connectivity index (χ1v) is 29.0. The first-order valence-electron chi connectivity index (χ1n) is 25.0. The number of allylic oxidation sites excluding steroid dienone is 7. The number of carboxylic acid groups (broad SMARTS) is 1. The van der Waals surface area contributed by atoms with Crippen LogP contribution in [0.5, 0.6) is 23.0 Å². The van der Waals surface area contributed by atoms with E-state index in [1.54, 1.807) is 73.5 Å². The van der Waals surface area contributed by atoms with Gasteiger partial charge in [0, 0.05) is 48.4 Å². The molecule has 0 spiro atoms. The van der Waals surface area contributed by atoms with Gasteiger partial charge in [-0.05, 0) is 109 Å². The number of aliphatic hydroxyl groups excluding tert-OH is 1. The van der Waals surface area contributed by atoms with Gasteiger partial charge in [0.25, 0.3) is 0 Å². The van der Waals surface area contributed by atoms with Crippen molar-refractivity contribution < 1.29 is 91.5 Å². The molecule has 0 aliphatic heterocycles. The fraction of sp³-hybridized carbons (Fsp3) is 0.339. The molecule has 5 aromatic rings. The van der Waals surface area contributed by atoms with Crippen LogP contribution in [0.2, 0.25) is 20.1 Å². The third-order valence-electron chi connectivity index (χ3n) is 11.6. The van der Waals surface area contributed by atoms with Crippen LogP contribution in [0.4, 0.5) is 17.6 Å². The van der Waals surface area contributed by atoms with Gasteiger partial charge in [-0.15, -0.1) is 0 Å². The number of hydrogen-bond donors (Lipinski definition) is 3. The molecule has 3 aromatic heterocycles. The predicted molar refractivity (Wildman–Crippen MR) is 320 cm³/mol. The van der Waals surface area contributed by atoms with Crippen molar-refractivity contribution in [3.63, 3.8) is 0 Å². The predicted octanol–water partition coefficient (Wildman–Crippen LogP) is 15.8. The monoisotopic (exact) mass is 1410 g/mol. The van der Waals surface area contributed by atoms with Crippen LogP contribution < -0.4 is 28.9 Å². The van der Waals surface area contributed by atoms with Crippen LogP contribution in [-0.4, -0.2) is 86.2 Å². The van der Waals surface area contributed by atoms with Crippen molar-refractivity contribution in [2.24, 2.45) is 11.8 Å². The second kappa shape index (κ2) is 40.7. The van der Waals surface area contributed by atoms with Gasteiger partial charge in [-0.2, -0.15) is 17.6 Å². The van der Waals surface area contributed by atoms with Crippen LogP contribution in [0, 0.1) is 11.8 Å². The van der Waals surface area contributed by atoms with Crippen LogP contribution >= 0.6 is 116 Å². The fourth-order valence-electron chi connectivity index (χ4n) is 6.97. The number of carbonyl (C=O) groups is 3. The van der Waals surface area contributed by atoms with Crippen LogP contribution in [0.3, 0.4) is 0 Å². The average molecular weight is 1410 g/mol. The molecule has 9 rings (SSSR count). The maximum atomic E-state index is 12.9. The summed E-state index contributed by atoms with van der Waals surface area (Å²) in [4.78, 5) is 41.5. The Morgan fingerprint density at radius 3 is 1.44 bits per heavy atom. The number of H-pyrrole nitrogens is 3. The van der Waals surface area contributed by atoms with E-state index in [1.165, 1.54) is 31.4 Å². The molecule has 0 radical (unpaired) electrons. The first-order chi connectivity index (χ1) is 39.9. The smallest absolute Gasteiger partial charge is 0.387 e. The molecule has 4 aliphatic rings. The van der Waals surface area contributed by atoms with Gasteiger partial charge < -0.3 is 54.6 Å². The molecule has 16 nitrogen and oxygen atoms in total. The van der Waals surface area contributed by atoms with Crippen molar-refractivity contribution in [3.05, 3.63) is 175 Å². The molecule has 86 heavy (non-hydrogen) atoms. The maximum absolute atomic E-state index is 12.9. The highest BCUT2D eigenvalue weighted by Gasteiger charge is 2.28. The van der Waals surface area contributed by atoms with E-state index in [0.717, 1.165) is 25.7 Å². The minimum Gasteiger partial charge on any atom is -0.870 e. The molecule has 2 saturated carbocycles. The van der Waals surface area contributed by atoms with Crippen molar-refractivity contribution in [2.45, 2.75) is 86.1 Å². The number of aliphatic hydroxyl groups is 1. The van der Waals surface area contributed by atoms with Gasteiger partial charge in [0.1, 0.15) is 31.9 Å². The van der Waals surface area contributed by atoms with Gasteiger partial charge in [0.15, 0.2) is 52.1 Å². The van der Waals surface area contributed by atoms with E-state index in [4.69, 9.17) is 135 Å². The summed E-state index contributed by atoms with van der Waals surface area (Å²) in [5.41, 5.74) is 3.60. The van der Waals surface area contributed by atoms with E-state index < -0.39 is 46.7 Å². The molecular weight excluding hydrogens is 1350 g/mol. The van der Waals surface area contributed by atoms with E-state index in [-0.39, 0.29) is 57.7 Å². The third-order valence-corrected chi connectivity index (χ3v) is 13.5. The number of hydrogen-bond acceptors (Lipinski definition) is 12. The van der Waals surface area contributed by atoms with Crippen molar-refractivity contribution in [3.8, 4) is 23.0 Å². The lowest BCUT2D eigenvalue weighted by Gasteiger charge is -2.21. The molecular formula is C56H57Cl10F4N3O13. The minimum absolute atomic E-state index is 0. The lowest BCUT2D eigenvalue weighted by atomic mass is 10.0. The maximum Gasteiger partial charge on any atom is 0.387 e. The van der Waals surface area contributed by atoms with E-state index in [9.17, 15) is 37.1 Å². The zero-order valence-electron chi connectivity index (χ0n) is 44.9. The highest BCUT2D eigenvalue weighted by molar-refractivity contribution is 6.67. The molecule has 0 amide bonds. The van der Waals surface area contributed by atoms with Crippen LogP contribution in [0.15, 0.2) is 127 Å². The number of rotatable bonds is 21. The minimum atomic E-state index is -3.00. The van der Waals surface area contributed by atoms with Crippen LogP contribution in [-0.2, 0) is 31.9 Å². The standard InChI is InChI=1S/C23H20Cl2F2N2O4.C18H17Cl2F2NO3.C6H5ClO.C6H6O2.C2H4Cl2O.CHCl3.2H2O/c24-16-10-28-11-17(25)15(16)9-20(32-22(30)18-2-1-7-29-18)14-5-6-19(33-23(26)27)21(8-14)31-12-13-3-4-13;19-13-7-23-8-14(20)12(13)6-15(24)11-3-4-16(26-18(21)22)17(5-11)25-9-10-1-2-10;2*7-6(8)5-3-1-2-4-5;1-5-2(3)4;2-1(3)4;;/h1-2,5-8,10-11,13,20,23,29H,3-4,9,12H2;3-5,7-8,10,15,18,24H,1-2,6,9H2;1-3H,4H2;1-3H,4H2,(H,7,8);2H,1H3;1H;2*1H2/t20-;15-;;;;;;/m00....../s1. The Bertz CT molecular complexity index is 2950. The first kappa shape index (κ1) is 77.3. The molecule has 30 heteroatoms. The number of carboxylic acids is 1. The Labute approximate surface area is 542 Å². The Kier molecular flexibility index (Phi) is 36.6. The lowest BCUT2D eigenvalue weighted by Crippen LogP contribution is -2.16. The van der Waals surface area contributed by atoms with Gasteiger partial charge in [-0.25, -0.2) is 19.6 Å². The summed E-state index contributed by atoms with van der Waals surface area (Å²) < 4.78 is 80.8. The average Bonchev–Trinajstić information content (AvgIpc) is 2.63. The molecule has 0 bridgehead atoms. The highest BCUT2D eigenvalue weighted by Crippen LogP contribution is 2.39. The quantitative estimate of drug-likeness (QED) is 0.0268. The molecule has 472 valence electrons. The normalized spacial score (nSPS) is 14.0. The molecule has 2 aromatic carbocycles. The molecule has 0 unspecified atom stereocenters. The zero-order valence-corrected chi connectivity index (χ0v) is 52.5. The Balaban J connectivity index is 0.000000417. The van der Waals surface area contributed by atoms with Crippen molar-refractivity contribution in [2.75, 3.05) is 20.3 Å². The number of aliphatic carboxylic acids is 1. The summed E-state index contributed by atoms with van der Waals surface area (Å²) in [5, 5.41) is 19.4. The summed E-state index contributed by atoms with van der Waals surface area (Å²) in [7, 11) is 1.44. The number of benzene rings is 2. The number of carbonyl (C=O) groups excluding carboxylic acids is 2. The number of halogens is 14. The third kappa shape index (κ3) is 29.5. The number of nitrogens with one attached hydrogen (secondary N) is 3. The topological polar surface area (TPSA) is 251 Å². The van der Waals surface area contributed by atoms with Gasteiger partial charge in [0.2, 0.25) is 10.3 Å². The van der Waals surface area contributed by atoms with Crippen molar-refractivity contribution in [1.82, 2.24) is 4.98 Å². The summed E-state index contributed by atoms with van der Waals surface area (Å²) in [6.07, 6.45) is 22.5. The van der Waals surface area contributed by atoms with Crippen LogP contribution in [0.1, 0.15) is 83.5 Å². The number of pyridine rings is 2. The number of alkyl halides is 9. The lowest BCUT2D eigenvalue weighted by molar-refractivity contribution is -0.378. The Morgan fingerprint density at radius 1 is 0.663 bits per heavy atom. The zero-order chi connectivity index (χ0) is 61.9. The number of aromatic nitrogens is 3. The van der Waals surface area contributed by atoms with Gasteiger partial charge >= 0.3 is 25.2 Å². The Hall–Kier alpha value is -4.75. The van der Waals surface area contributed by atoms with Gasteiger partial charge in [-0.1, -0.05) is 153 Å². The summed E-state index contributed by atoms with van der Waals surface area (Å²) in [6.45, 7) is -5.13. The molecule has 2 fully saturated rings. The molecule has 3 heterocycles. The van der Waals surface area contributed by atoms with Gasteiger partial charge in [0.05, 0.1) is 19.3 Å². The number of ether oxygens (including phenoxy) is 6. The van der Waals surface area contributed by atoms with E-state index in [0.29, 0.717) is 91.4 Å². The van der Waals surface area contributed by atoms with Crippen molar-refractivity contribution in [1.29, 1.82) is 0 Å². The van der Waals surface area contributed by atoms with E-state index >= 15 is 0 Å². The second-order valence-corrected chi connectivity index (χ2v) is 22.8. The molecule has 4 aliphatic carbocycles. The summed E-state index contributed by atoms with van der Waals surface area (Å²) in [6, 6.07) is 12.1. The fourth-order valence-corrected chi connectivity index (χ4v) is 8.17. The summed E-state index contributed by atoms with van der Waals surface area (Å²) in [5.74, 6) is -0.361. The number of esters is 1. The Morgan fingerprint density at radius 2 is 1.09 bits per heavy atom. The van der Waals surface area contributed by atoms with Gasteiger partial charge in [-0.3, -0.25) is 4.79 Å². The number of methoxy groups -OCH3 is 1. The highest BCUT2D eigenvalue weighted by atomic mass is 35.6. The van der Waals surface area contributed by atoms with E-state index in [2.05, 4.69) is 29.2 Å². The number of aromatic amines is 3. The van der Waals surface area contributed by atoms with E-state index in [1.807, 2.05) is 18.2 Å². The molecule has 0 saturated heterocycles. The molecule has 2 atom stereocenters. The largest absolute Gasteiger partial charge is 0.870 e.